The monoisotopic (exact) mass is 393 g/mol. The molecule has 28 heavy (non-hydrogen) atoms. The SMILES string of the molecule is Cc1nn(CCC(=O)Nc2cnn(Cc3cccc4ccccc34)c2)cc1Cl. The van der Waals surface area contributed by atoms with Crippen LogP contribution in [0.5, 0.6) is 0 Å². The van der Waals surface area contributed by atoms with Gasteiger partial charge in [-0.3, -0.25) is 14.2 Å². The van der Waals surface area contributed by atoms with Crippen LogP contribution in [0.4, 0.5) is 5.69 Å². The topological polar surface area (TPSA) is 64.7 Å². The summed E-state index contributed by atoms with van der Waals surface area (Å²) in [4.78, 5) is 12.2. The number of aryl methyl sites for hydroxylation is 2. The van der Waals surface area contributed by atoms with Gasteiger partial charge >= 0.3 is 0 Å². The van der Waals surface area contributed by atoms with Gasteiger partial charge < -0.3 is 5.32 Å². The average Bonchev–Trinajstić information content (AvgIpc) is 3.26. The van der Waals surface area contributed by atoms with Crippen LogP contribution in [-0.2, 0) is 17.9 Å². The second-order valence-electron chi connectivity index (χ2n) is 6.69. The van der Waals surface area contributed by atoms with Gasteiger partial charge in [0.2, 0.25) is 5.91 Å². The molecule has 0 atom stereocenters. The molecule has 0 saturated carbocycles. The highest BCUT2D eigenvalue weighted by Gasteiger charge is 2.08. The second-order valence-corrected chi connectivity index (χ2v) is 7.10. The zero-order valence-electron chi connectivity index (χ0n) is 15.5. The molecule has 0 saturated heterocycles. The van der Waals surface area contributed by atoms with Gasteiger partial charge in [-0.1, -0.05) is 54.1 Å². The predicted octanol–water partition coefficient (Wildman–Crippen LogP) is 4.27. The number of halogens is 1. The van der Waals surface area contributed by atoms with Crippen LogP contribution in [0.3, 0.4) is 0 Å². The lowest BCUT2D eigenvalue weighted by atomic mass is 10.0. The number of rotatable bonds is 6. The number of amides is 1. The number of aromatic nitrogens is 4. The van der Waals surface area contributed by atoms with Crippen molar-refractivity contribution in [1.82, 2.24) is 19.6 Å². The Bertz CT molecular complexity index is 1110. The van der Waals surface area contributed by atoms with E-state index in [0.29, 0.717) is 30.2 Å². The van der Waals surface area contributed by atoms with Crippen molar-refractivity contribution in [2.75, 3.05) is 5.32 Å². The smallest absolute Gasteiger partial charge is 0.226 e. The van der Waals surface area contributed by atoms with Crippen molar-refractivity contribution in [2.45, 2.75) is 26.4 Å². The van der Waals surface area contributed by atoms with Gasteiger partial charge in [0.1, 0.15) is 0 Å². The zero-order chi connectivity index (χ0) is 19.5. The Labute approximate surface area is 167 Å². The lowest BCUT2D eigenvalue weighted by Crippen LogP contribution is -2.14. The average molecular weight is 394 g/mol. The van der Waals surface area contributed by atoms with Crippen LogP contribution in [0.15, 0.2) is 61.1 Å². The molecule has 0 fully saturated rings. The summed E-state index contributed by atoms with van der Waals surface area (Å²) in [5.41, 5.74) is 2.63. The van der Waals surface area contributed by atoms with Gasteiger partial charge in [0.25, 0.3) is 0 Å². The number of nitrogens with one attached hydrogen (secondary N) is 1. The van der Waals surface area contributed by atoms with Crippen LogP contribution in [0.2, 0.25) is 5.02 Å². The van der Waals surface area contributed by atoms with Crippen molar-refractivity contribution in [3.05, 3.63) is 77.3 Å². The fourth-order valence-corrected chi connectivity index (χ4v) is 3.32. The predicted molar refractivity (Wildman–Crippen MR) is 110 cm³/mol. The van der Waals surface area contributed by atoms with E-state index in [2.05, 4.69) is 39.8 Å². The van der Waals surface area contributed by atoms with E-state index in [1.807, 2.05) is 36.0 Å². The van der Waals surface area contributed by atoms with Gasteiger partial charge in [0.05, 0.1) is 29.1 Å². The molecule has 142 valence electrons. The first kappa shape index (κ1) is 18.3. The summed E-state index contributed by atoms with van der Waals surface area (Å²) in [6.45, 7) is 2.95. The molecule has 0 aliphatic heterocycles. The van der Waals surface area contributed by atoms with E-state index in [9.17, 15) is 4.79 Å². The minimum absolute atomic E-state index is 0.0889. The molecule has 0 unspecified atom stereocenters. The van der Waals surface area contributed by atoms with Crippen molar-refractivity contribution in [1.29, 1.82) is 0 Å². The molecule has 4 aromatic rings. The minimum Gasteiger partial charge on any atom is -0.323 e. The number of anilines is 1. The van der Waals surface area contributed by atoms with Gasteiger partial charge in [-0.25, -0.2) is 0 Å². The molecule has 6 nitrogen and oxygen atoms in total. The van der Waals surface area contributed by atoms with E-state index in [4.69, 9.17) is 11.6 Å². The zero-order valence-corrected chi connectivity index (χ0v) is 16.2. The standard InChI is InChI=1S/C21H20ClN5O/c1-15-20(22)14-26(25-15)10-9-21(28)24-18-11-23-27(13-18)12-17-7-4-6-16-5-2-3-8-19(16)17/h2-8,11,13-14H,9-10,12H2,1H3,(H,24,28). The highest BCUT2D eigenvalue weighted by Crippen LogP contribution is 2.20. The van der Waals surface area contributed by atoms with E-state index in [1.54, 1.807) is 17.1 Å². The lowest BCUT2D eigenvalue weighted by Gasteiger charge is -2.06. The molecule has 4 rings (SSSR count). The van der Waals surface area contributed by atoms with E-state index in [-0.39, 0.29) is 5.91 Å². The van der Waals surface area contributed by atoms with Crippen molar-refractivity contribution < 1.29 is 4.79 Å². The fraction of sp³-hybridized carbons (Fsp3) is 0.190. The molecule has 2 aromatic carbocycles. The number of carbonyl (C=O) groups excluding carboxylic acids is 1. The third-order valence-electron chi connectivity index (χ3n) is 4.58. The highest BCUT2D eigenvalue weighted by molar-refractivity contribution is 6.31. The van der Waals surface area contributed by atoms with Gasteiger partial charge in [-0.15, -0.1) is 0 Å². The lowest BCUT2D eigenvalue weighted by molar-refractivity contribution is -0.116. The minimum atomic E-state index is -0.0889. The van der Waals surface area contributed by atoms with Gasteiger partial charge in [-0.2, -0.15) is 10.2 Å². The van der Waals surface area contributed by atoms with Crippen molar-refractivity contribution in [3.8, 4) is 0 Å². The molecular formula is C21H20ClN5O. The van der Waals surface area contributed by atoms with Crippen molar-refractivity contribution in [2.24, 2.45) is 0 Å². The Kier molecular flexibility index (Phi) is 5.12. The Morgan fingerprint density at radius 3 is 2.75 bits per heavy atom. The van der Waals surface area contributed by atoms with Crippen LogP contribution in [-0.4, -0.2) is 25.5 Å². The molecule has 1 amide bonds. The van der Waals surface area contributed by atoms with Gasteiger partial charge in [0.15, 0.2) is 0 Å². The molecule has 7 heteroatoms. The number of hydrogen-bond acceptors (Lipinski definition) is 3. The third kappa shape index (κ3) is 4.07. The summed E-state index contributed by atoms with van der Waals surface area (Å²) in [5.74, 6) is -0.0889. The number of hydrogen-bond donors (Lipinski definition) is 1. The van der Waals surface area contributed by atoms with Crippen LogP contribution in [0.25, 0.3) is 10.8 Å². The van der Waals surface area contributed by atoms with Crippen molar-refractivity contribution in [3.63, 3.8) is 0 Å². The van der Waals surface area contributed by atoms with Crippen LogP contribution in [0.1, 0.15) is 17.7 Å². The molecule has 1 N–H and O–H groups in total. The Morgan fingerprint density at radius 2 is 1.93 bits per heavy atom. The van der Waals surface area contributed by atoms with Crippen LogP contribution < -0.4 is 5.32 Å². The fourth-order valence-electron chi connectivity index (χ4n) is 3.17. The highest BCUT2D eigenvalue weighted by atomic mass is 35.5. The molecule has 0 bridgehead atoms. The summed E-state index contributed by atoms with van der Waals surface area (Å²) >= 11 is 5.99. The molecule has 0 radical (unpaired) electrons. The first-order valence-corrected chi connectivity index (χ1v) is 9.45. The maximum atomic E-state index is 12.2. The number of benzene rings is 2. The Balaban J connectivity index is 1.38. The van der Waals surface area contributed by atoms with Gasteiger partial charge in [-0.05, 0) is 23.3 Å². The molecule has 2 aromatic heterocycles. The summed E-state index contributed by atoms with van der Waals surface area (Å²) in [6, 6.07) is 14.5. The van der Waals surface area contributed by atoms with E-state index in [0.717, 1.165) is 5.69 Å². The van der Waals surface area contributed by atoms with Gasteiger partial charge in [0, 0.05) is 25.4 Å². The number of nitrogens with zero attached hydrogens (tertiary/aromatic N) is 4. The maximum absolute atomic E-state index is 12.2. The van der Waals surface area contributed by atoms with Crippen LogP contribution in [0, 0.1) is 6.92 Å². The molecule has 0 aliphatic rings. The normalized spacial score (nSPS) is 11.1. The summed E-state index contributed by atoms with van der Waals surface area (Å²) in [6.07, 6.45) is 5.55. The van der Waals surface area contributed by atoms with E-state index >= 15 is 0 Å². The third-order valence-corrected chi connectivity index (χ3v) is 4.95. The summed E-state index contributed by atoms with van der Waals surface area (Å²) in [7, 11) is 0. The molecular weight excluding hydrogens is 374 g/mol. The van der Waals surface area contributed by atoms with E-state index in [1.165, 1.54) is 16.3 Å². The largest absolute Gasteiger partial charge is 0.323 e. The first-order chi connectivity index (χ1) is 13.6. The maximum Gasteiger partial charge on any atom is 0.226 e. The first-order valence-electron chi connectivity index (χ1n) is 9.07. The molecule has 0 spiro atoms. The number of carbonyl (C=O) groups is 1. The summed E-state index contributed by atoms with van der Waals surface area (Å²) in [5, 5.41) is 14.5. The van der Waals surface area contributed by atoms with Crippen LogP contribution >= 0.6 is 11.6 Å². The summed E-state index contributed by atoms with van der Waals surface area (Å²) < 4.78 is 3.51. The van der Waals surface area contributed by atoms with Crippen molar-refractivity contribution >= 4 is 34.0 Å². The molecule has 2 heterocycles. The molecule has 0 aliphatic carbocycles. The quantitative estimate of drug-likeness (QED) is 0.532. The second kappa shape index (κ2) is 7.86. The van der Waals surface area contributed by atoms with E-state index < -0.39 is 0 Å². The Hall–Kier alpha value is -3.12. The number of fused-ring (bicyclic) bond motifs is 1. The Morgan fingerprint density at radius 1 is 1.11 bits per heavy atom.